The van der Waals surface area contributed by atoms with Gasteiger partial charge >= 0.3 is 6.09 Å². The van der Waals surface area contributed by atoms with Crippen molar-refractivity contribution in [3.05, 3.63) is 30.0 Å². The van der Waals surface area contributed by atoms with Gasteiger partial charge in [-0.05, 0) is 24.3 Å². The first-order chi connectivity index (χ1) is 8.22. The van der Waals surface area contributed by atoms with Crippen LogP contribution < -0.4 is 5.32 Å². The van der Waals surface area contributed by atoms with Crippen LogP contribution in [0, 0.1) is 0 Å². The number of rotatable bonds is 2. The Morgan fingerprint density at radius 3 is 2.82 bits per heavy atom. The Balaban J connectivity index is 2.37. The fourth-order valence-electron chi connectivity index (χ4n) is 1.34. The first kappa shape index (κ1) is 11.8. The number of amides is 1. The number of methoxy groups -OCH3 is 1. The molecule has 1 amide bonds. The predicted molar refractivity (Wildman–Crippen MR) is 68.2 cm³/mol. The Labute approximate surface area is 106 Å². The number of nitrogens with zero attached hydrogens (tertiary/aromatic N) is 2. The smallest absolute Gasteiger partial charge is 0.412 e. The van der Waals surface area contributed by atoms with Crippen molar-refractivity contribution in [2.75, 3.05) is 12.4 Å². The lowest BCUT2D eigenvalue weighted by Gasteiger charge is -2.04. The summed E-state index contributed by atoms with van der Waals surface area (Å²) in [6, 6.07) is 7.41. The molecule has 0 unspecified atom stereocenters. The van der Waals surface area contributed by atoms with Crippen molar-refractivity contribution in [2.24, 2.45) is 0 Å². The van der Waals surface area contributed by atoms with Gasteiger partial charge in [0.15, 0.2) is 5.65 Å². The molecule has 0 aliphatic carbocycles. The van der Waals surface area contributed by atoms with Gasteiger partial charge in [0.1, 0.15) is 5.82 Å². The maximum Gasteiger partial charge on any atom is 0.412 e. The lowest BCUT2D eigenvalue weighted by atomic mass is 10.2. The SMILES string of the molecule is COC(=O)Nc1ccc2ccc(CBr)nc2n1. The summed E-state index contributed by atoms with van der Waals surface area (Å²) in [5, 5.41) is 4.08. The zero-order valence-electron chi connectivity index (χ0n) is 9.11. The summed E-state index contributed by atoms with van der Waals surface area (Å²) in [5.41, 5.74) is 1.48. The molecule has 1 N–H and O–H groups in total. The second-order valence-electron chi connectivity index (χ2n) is 3.30. The van der Waals surface area contributed by atoms with Crippen molar-refractivity contribution in [3.8, 4) is 0 Å². The monoisotopic (exact) mass is 295 g/mol. The van der Waals surface area contributed by atoms with Crippen molar-refractivity contribution in [1.29, 1.82) is 0 Å². The number of anilines is 1. The molecule has 0 atom stereocenters. The third kappa shape index (κ3) is 2.71. The fourth-order valence-corrected chi connectivity index (χ4v) is 1.65. The van der Waals surface area contributed by atoms with Crippen LogP contribution >= 0.6 is 15.9 Å². The van der Waals surface area contributed by atoms with E-state index in [4.69, 9.17) is 0 Å². The number of carbonyl (C=O) groups is 1. The molecule has 2 aromatic rings. The largest absolute Gasteiger partial charge is 0.453 e. The molecular weight excluding hydrogens is 286 g/mol. The van der Waals surface area contributed by atoms with E-state index in [1.165, 1.54) is 7.11 Å². The number of pyridine rings is 2. The molecule has 88 valence electrons. The van der Waals surface area contributed by atoms with Gasteiger partial charge < -0.3 is 4.74 Å². The molecule has 2 aromatic heterocycles. The van der Waals surface area contributed by atoms with Gasteiger partial charge in [0.2, 0.25) is 0 Å². The van der Waals surface area contributed by atoms with E-state index >= 15 is 0 Å². The summed E-state index contributed by atoms with van der Waals surface area (Å²) in [5.74, 6) is 0.420. The zero-order valence-corrected chi connectivity index (χ0v) is 10.7. The van der Waals surface area contributed by atoms with Gasteiger partial charge in [-0.2, -0.15) is 0 Å². The molecule has 2 rings (SSSR count). The maximum absolute atomic E-state index is 11.0. The number of halogens is 1. The highest BCUT2D eigenvalue weighted by atomic mass is 79.9. The Morgan fingerprint density at radius 1 is 1.35 bits per heavy atom. The highest BCUT2D eigenvalue weighted by molar-refractivity contribution is 9.08. The van der Waals surface area contributed by atoms with E-state index < -0.39 is 6.09 Å². The molecule has 0 fully saturated rings. The van der Waals surface area contributed by atoms with Crippen LogP contribution in [-0.4, -0.2) is 23.2 Å². The van der Waals surface area contributed by atoms with Crippen molar-refractivity contribution < 1.29 is 9.53 Å². The summed E-state index contributed by atoms with van der Waals surface area (Å²) < 4.78 is 4.49. The fraction of sp³-hybridized carbons (Fsp3) is 0.182. The molecule has 6 heteroatoms. The number of ether oxygens (including phenoxy) is 1. The standard InChI is InChI=1S/C11H10BrN3O2/c1-17-11(16)15-9-5-3-7-2-4-8(6-12)13-10(7)14-9/h2-5H,6H2,1H3,(H,13,14,15,16). The number of aromatic nitrogens is 2. The van der Waals surface area contributed by atoms with Crippen molar-refractivity contribution in [2.45, 2.75) is 5.33 Å². The Kier molecular flexibility index (Phi) is 3.53. The van der Waals surface area contributed by atoms with Crippen LogP contribution in [0.25, 0.3) is 11.0 Å². The lowest BCUT2D eigenvalue weighted by molar-refractivity contribution is 0.187. The van der Waals surface area contributed by atoms with Crippen LogP contribution in [0.3, 0.4) is 0 Å². The number of alkyl halides is 1. The van der Waals surface area contributed by atoms with E-state index in [0.717, 1.165) is 11.1 Å². The van der Waals surface area contributed by atoms with Crippen LogP contribution in [0.1, 0.15) is 5.69 Å². The summed E-state index contributed by atoms with van der Waals surface area (Å²) in [6.07, 6.45) is -0.548. The topological polar surface area (TPSA) is 64.1 Å². The minimum Gasteiger partial charge on any atom is -0.453 e. The van der Waals surface area contributed by atoms with Gasteiger partial charge in [0, 0.05) is 10.7 Å². The van der Waals surface area contributed by atoms with Crippen molar-refractivity contribution in [1.82, 2.24) is 9.97 Å². The molecule has 0 saturated carbocycles. The summed E-state index contributed by atoms with van der Waals surface area (Å²) in [7, 11) is 1.30. The van der Waals surface area contributed by atoms with E-state index in [-0.39, 0.29) is 0 Å². The summed E-state index contributed by atoms with van der Waals surface area (Å²) in [6.45, 7) is 0. The third-order valence-corrected chi connectivity index (χ3v) is 2.74. The number of hydrogen-bond acceptors (Lipinski definition) is 4. The highest BCUT2D eigenvalue weighted by Crippen LogP contribution is 2.15. The first-order valence-electron chi connectivity index (χ1n) is 4.90. The average molecular weight is 296 g/mol. The van der Waals surface area contributed by atoms with E-state index in [9.17, 15) is 4.79 Å². The van der Waals surface area contributed by atoms with Crippen molar-refractivity contribution in [3.63, 3.8) is 0 Å². The van der Waals surface area contributed by atoms with Gasteiger partial charge in [-0.3, -0.25) is 5.32 Å². The number of nitrogens with one attached hydrogen (secondary N) is 1. The molecule has 0 spiro atoms. The van der Waals surface area contributed by atoms with Gasteiger partial charge in [-0.25, -0.2) is 14.8 Å². The number of fused-ring (bicyclic) bond motifs is 1. The average Bonchev–Trinajstić information content (AvgIpc) is 2.37. The quantitative estimate of drug-likeness (QED) is 0.865. The zero-order chi connectivity index (χ0) is 12.3. The van der Waals surface area contributed by atoms with Gasteiger partial charge in [-0.15, -0.1) is 0 Å². The normalized spacial score (nSPS) is 10.2. The summed E-state index contributed by atoms with van der Waals surface area (Å²) in [4.78, 5) is 19.6. The second-order valence-corrected chi connectivity index (χ2v) is 3.86. The Morgan fingerprint density at radius 2 is 2.12 bits per heavy atom. The molecular formula is C11H10BrN3O2. The van der Waals surface area contributed by atoms with Crippen LogP contribution in [0.5, 0.6) is 0 Å². The second kappa shape index (κ2) is 5.09. The molecule has 17 heavy (non-hydrogen) atoms. The molecule has 5 nitrogen and oxygen atoms in total. The highest BCUT2D eigenvalue weighted by Gasteiger charge is 2.04. The maximum atomic E-state index is 11.0. The number of carbonyl (C=O) groups excluding carboxylic acids is 1. The molecule has 0 aliphatic heterocycles. The van der Waals surface area contributed by atoms with Crippen LogP contribution in [0.15, 0.2) is 24.3 Å². The van der Waals surface area contributed by atoms with E-state index in [2.05, 4.69) is 36.0 Å². The Bertz CT molecular complexity index is 559. The molecule has 0 radical (unpaired) electrons. The molecule has 0 bridgehead atoms. The molecule has 0 aliphatic rings. The predicted octanol–water partition coefficient (Wildman–Crippen LogP) is 2.70. The summed E-state index contributed by atoms with van der Waals surface area (Å²) >= 11 is 3.33. The van der Waals surface area contributed by atoms with Crippen LogP contribution in [0.4, 0.5) is 10.6 Å². The van der Waals surface area contributed by atoms with E-state index in [0.29, 0.717) is 16.8 Å². The van der Waals surface area contributed by atoms with Gasteiger partial charge in [0.05, 0.1) is 12.8 Å². The van der Waals surface area contributed by atoms with E-state index in [1.54, 1.807) is 6.07 Å². The van der Waals surface area contributed by atoms with E-state index in [1.807, 2.05) is 18.2 Å². The Hall–Kier alpha value is -1.69. The van der Waals surface area contributed by atoms with Crippen molar-refractivity contribution >= 4 is 38.9 Å². The van der Waals surface area contributed by atoms with Gasteiger partial charge in [0.25, 0.3) is 0 Å². The van der Waals surface area contributed by atoms with Crippen LogP contribution in [0.2, 0.25) is 0 Å². The van der Waals surface area contributed by atoms with Gasteiger partial charge in [-0.1, -0.05) is 15.9 Å². The first-order valence-corrected chi connectivity index (χ1v) is 6.02. The van der Waals surface area contributed by atoms with Crippen LogP contribution in [-0.2, 0) is 10.1 Å². The molecule has 2 heterocycles. The molecule has 0 saturated heterocycles. The minimum atomic E-state index is -0.548. The number of hydrogen-bond donors (Lipinski definition) is 1. The lowest BCUT2D eigenvalue weighted by Crippen LogP contribution is -2.12. The molecule has 0 aromatic carbocycles. The minimum absolute atomic E-state index is 0.420. The third-order valence-electron chi connectivity index (χ3n) is 2.16.